The van der Waals surface area contributed by atoms with E-state index in [1.807, 2.05) is 0 Å². The third-order valence-corrected chi connectivity index (χ3v) is 1.66. The van der Waals surface area contributed by atoms with Crippen molar-refractivity contribution in [3.8, 4) is 0 Å². The first-order valence-electron chi connectivity index (χ1n) is 3.28. The Morgan fingerprint density at radius 2 is 2.38 bits per heavy atom. The number of aromatic nitrogens is 1. The second kappa shape index (κ2) is 6.06. The molecule has 0 radical (unpaired) electrons. The van der Waals surface area contributed by atoms with Crippen LogP contribution in [0, 0.1) is 0 Å². The highest BCUT2D eigenvalue weighted by atomic mass is 127. The molecule has 4 nitrogen and oxygen atoms in total. The molecule has 2 N–H and O–H groups in total. The molecular weight excluding hydrogens is 301 g/mol. The molecule has 0 atom stereocenters. The van der Waals surface area contributed by atoms with Crippen LogP contribution < -0.4 is 10.9 Å². The van der Waals surface area contributed by atoms with Gasteiger partial charge in [0.15, 0.2) is 0 Å². The first kappa shape index (κ1) is 12.5. The van der Waals surface area contributed by atoms with E-state index in [-0.39, 0.29) is 29.2 Å². The molecular formula is C7H10IN3OS. The van der Waals surface area contributed by atoms with Gasteiger partial charge in [-0.1, -0.05) is 0 Å². The van der Waals surface area contributed by atoms with E-state index in [0.717, 1.165) is 0 Å². The lowest BCUT2D eigenvalue weighted by molar-refractivity contribution is 0.403. The number of rotatable bonds is 1. The highest BCUT2D eigenvalue weighted by Gasteiger charge is 2.05. The van der Waals surface area contributed by atoms with Gasteiger partial charge in [-0.2, -0.15) is 0 Å². The molecule has 1 heterocycles. The number of halogens is 1. The minimum absolute atomic E-state index is 0. The summed E-state index contributed by atoms with van der Waals surface area (Å²) in [5, 5.41) is 1.46. The number of pyridine rings is 1. The normalized spacial score (nSPS) is 8.46. The molecule has 0 saturated carbocycles. The van der Waals surface area contributed by atoms with E-state index in [1.165, 1.54) is 12.1 Å². The fraction of sp³-hybridized carbons (Fsp3) is 0.143. The van der Waals surface area contributed by atoms with Crippen LogP contribution in [0.25, 0.3) is 0 Å². The molecule has 1 aromatic heterocycles. The lowest BCUT2D eigenvalue weighted by atomic mass is 10.4. The highest BCUT2D eigenvalue weighted by molar-refractivity contribution is 14.0. The number of methoxy groups -OCH3 is 1. The molecule has 1 aromatic rings. The fourth-order valence-electron chi connectivity index (χ4n) is 0.700. The zero-order valence-electron chi connectivity index (χ0n) is 7.01. The van der Waals surface area contributed by atoms with E-state index in [0.29, 0.717) is 5.69 Å². The fourth-order valence-corrected chi connectivity index (χ4v) is 0.805. The summed E-state index contributed by atoms with van der Waals surface area (Å²) >= 11 is 4.81. The van der Waals surface area contributed by atoms with Crippen molar-refractivity contribution >= 4 is 47.1 Å². The number of nitrogens with zero attached hydrogens (tertiary/aromatic N) is 2. The molecule has 6 heteroatoms. The summed E-state index contributed by atoms with van der Waals surface area (Å²) in [5.41, 5.74) is 0.698. The van der Waals surface area contributed by atoms with E-state index < -0.39 is 0 Å². The van der Waals surface area contributed by atoms with Crippen LogP contribution in [0.2, 0.25) is 0 Å². The van der Waals surface area contributed by atoms with Crippen molar-refractivity contribution in [3.05, 3.63) is 24.5 Å². The Kier molecular flexibility index (Phi) is 5.84. The van der Waals surface area contributed by atoms with Crippen LogP contribution in [0.4, 0.5) is 5.69 Å². The van der Waals surface area contributed by atoms with Gasteiger partial charge < -0.3 is 4.74 Å². The maximum atomic E-state index is 5.58. The number of ether oxygens (including phenoxy) is 1. The van der Waals surface area contributed by atoms with Crippen molar-refractivity contribution in [1.82, 2.24) is 4.98 Å². The molecule has 1 rings (SSSR count). The third-order valence-electron chi connectivity index (χ3n) is 1.30. The quantitative estimate of drug-likeness (QED) is 0.367. The standard InChI is InChI=1S/C7H9N3OS.HI/c1-11-7(12)10(8)6-3-2-4-9-5-6;/h2-5H,8H2,1H3;1H. The van der Waals surface area contributed by atoms with Crippen LogP contribution in [0.5, 0.6) is 0 Å². The largest absolute Gasteiger partial charge is 0.473 e. The van der Waals surface area contributed by atoms with Gasteiger partial charge in [-0.05, 0) is 24.4 Å². The molecule has 0 unspecified atom stereocenters. The molecule has 72 valence electrons. The first-order valence-corrected chi connectivity index (χ1v) is 3.69. The van der Waals surface area contributed by atoms with Crippen molar-refractivity contribution in [1.29, 1.82) is 0 Å². The summed E-state index contributed by atoms with van der Waals surface area (Å²) in [6.07, 6.45) is 3.26. The minimum atomic E-state index is 0. The molecule has 0 aromatic carbocycles. The molecule has 0 spiro atoms. The van der Waals surface area contributed by atoms with E-state index in [1.54, 1.807) is 24.5 Å². The van der Waals surface area contributed by atoms with Gasteiger partial charge in [0.2, 0.25) is 0 Å². The average Bonchev–Trinajstić information content (AvgIpc) is 2.17. The Hall–Kier alpha value is -0.470. The van der Waals surface area contributed by atoms with Crippen LogP contribution in [-0.2, 0) is 4.74 Å². The monoisotopic (exact) mass is 311 g/mol. The number of nitrogens with two attached hydrogens (primary N) is 1. The van der Waals surface area contributed by atoms with Gasteiger partial charge in [0, 0.05) is 6.20 Å². The van der Waals surface area contributed by atoms with Crippen molar-refractivity contribution in [3.63, 3.8) is 0 Å². The number of hydrogen-bond acceptors (Lipinski definition) is 4. The highest BCUT2D eigenvalue weighted by Crippen LogP contribution is 2.07. The van der Waals surface area contributed by atoms with E-state index in [9.17, 15) is 0 Å². The summed E-state index contributed by atoms with van der Waals surface area (Å²) in [7, 11) is 1.47. The van der Waals surface area contributed by atoms with Crippen LogP contribution in [0.3, 0.4) is 0 Å². The van der Waals surface area contributed by atoms with Gasteiger partial charge in [-0.15, -0.1) is 24.0 Å². The molecule has 0 fully saturated rings. The molecule has 0 saturated heterocycles. The number of anilines is 1. The predicted octanol–water partition coefficient (Wildman–Crippen LogP) is 1.31. The van der Waals surface area contributed by atoms with Crippen LogP contribution in [0.1, 0.15) is 0 Å². The Bertz CT molecular complexity index is 270. The van der Waals surface area contributed by atoms with Gasteiger partial charge in [-0.3, -0.25) is 4.98 Å². The maximum absolute atomic E-state index is 5.58. The van der Waals surface area contributed by atoms with Crippen molar-refractivity contribution in [2.75, 3.05) is 12.1 Å². The summed E-state index contributed by atoms with van der Waals surface area (Å²) in [4.78, 5) is 3.89. The molecule has 13 heavy (non-hydrogen) atoms. The molecule has 0 amide bonds. The molecule has 0 aliphatic carbocycles. The second-order valence-corrected chi connectivity index (χ2v) is 2.40. The van der Waals surface area contributed by atoms with Gasteiger partial charge in [-0.25, -0.2) is 10.9 Å². The SMILES string of the molecule is COC(=S)N(N)c1cccnc1.I. The lowest BCUT2D eigenvalue weighted by Crippen LogP contribution is -2.37. The van der Waals surface area contributed by atoms with Gasteiger partial charge in [0.05, 0.1) is 19.0 Å². The van der Waals surface area contributed by atoms with Crippen LogP contribution >= 0.6 is 36.2 Å². The molecule has 0 aliphatic rings. The Balaban J connectivity index is 0.00000144. The van der Waals surface area contributed by atoms with Crippen molar-refractivity contribution < 1.29 is 4.74 Å². The topological polar surface area (TPSA) is 51.4 Å². The van der Waals surface area contributed by atoms with Crippen LogP contribution in [0.15, 0.2) is 24.5 Å². The maximum Gasteiger partial charge on any atom is 0.278 e. The Labute approximate surface area is 99.1 Å². The van der Waals surface area contributed by atoms with E-state index >= 15 is 0 Å². The van der Waals surface area contributed by atoms with E-state index in [2.05, 4.69) is 4.98 Å². The lowest BCUT2D eigenvalue weighted by Gasteiger charge is -2.16. The van der Waals surface area contributed by atoms with Crippen LogP contribution in [-0.4, -0.2) is 17.3 Å². The predicted molar refractivity (Wildman–Crippen MR) is 65.9 cm³/mol. The zero-order valence-corrected chi connectivity index (χ0v) is 10.2. The Morgan fingerprint density at radius 3 is 2.85 bits per heavy atom. The minimum Gasteiger partial charge on any atom is -0.473 e. The van der Waals surface area contributed by atoms with Gasteiger partial charge >= 0.3 is 0 Å². The smallest absolute Gasteiger partial charge is 0.278 e. The van der Waals surface area contributed by atoms with Gasteiger partial charge in [0.1, 0.15) is 0 Å². The molecule has 0 aliphatic heterocycles. The number of hydrazine groups is 1. The first-order chi connectivity index (χ1) is 5.75. The number of hydrogen-bond donors (Lipinski definition) is 1. The van der Waals surface area contributed by atoms with Crippen molar-refractivity contribution in [2.24, 2.45) is 5.84 Å². The second-order valence-electron chi connectivity index (χ2n) is 2.05. The zero-order chi connectivity index (χ0) is 8.97. The summed E-state index contributed by atoms with van der Waals surface area (Å²) in [6.45, 7) is 0. The third kappa shape index (κ3) is 3.41. The average molecular weight is 311 g/mol. The summed E-state index contributed by atoms with van der Waals surface area (Å²) < 4.78 is 4.77. The summed E-state index contributed by atoms with van der Waals surface area (Å²) in [5.74, 6) is 5.58. The Morgan fingerprint density at radius 1 is 1.69 bits per heavy atom. The molecule has 0 bridgehead atoms. The summed E-state index contributed by atoms with van der Waals surface area (Å²) in [6, 6.07) is 3.56. The van der Waals surface area contributed by atoms with E-state index in [4.69, 9.17) is 22.8 Å². The number of thiocarbonyl (C=S) groups is 1. The van der Waals surface area contributed by atoms with Crippen molar-refractivity contribution in [2.45, 2.75) is 0 Å². The van der Waals surface area contributed by atoms with Gasteiger partial charge in [0.25, 0.3) is 5.17 Å².